The molecule has 0 aliphatic rings. The third kappa shape index (κ3) is 11.8. The van der Waals surface area contributed by atoms with Gasteiger partial charge in [-0.1, -0.05) is 49.4 Å². The number of ether oxygens (including phenoxy) is 2. The number of alkyl carbamates (subject to hydrolysis) is 1. The van der Waals surface area contributed by atoms with Gasteiger partial charge in [-0.25, -0.2) is 9.59 Å². The number of phenols is 1. The lowest BCUT2D eigenvalue weighted by atomic mass is 10.0. The predicted octanol–water partition coefficient (Wildman–Crippen LogP) is 4.56. The van der Waals surface area contributed by atoms with E-state index in [9.17, 15) is 24.3 Å². The van der Waals surface area contributed by atoms with Crippen LogP contribution in [0.2, 0.25) is 0 Å². The summed E-state index contributed by atoms with van der Waals surface area (Å²) in [6, 6.07) is 11.7. The van der Waals surface area contributed by atoms with Gasteiger partial charge in [0.2, 0.25) is 11.8 Å². The summed E-state index contributed by atoms with van der Waals surface area (Å²) >= 11 is 4.29. The Morgan fingerprint density at radius 3 is 1.95 bits per heavy atom. The first-order valence-corrected chi connectivity index (χ1v) is 14.9. The minimum atomic E-state index is -1.21. The molecule has 3 atom stereocenters. The summed E-state index contributed by atoms with van der Waals surface area (Å²) in [7, 11) is 0. The SMILES string of the molecule is CCCN(C(=O)C(CS)NC(=O)OC(C)(C)C)C(C(=O)NC(Cc1ccccc1)C(=O)OC(C)(C)C)c1ccc(O)cc1. The van der Waals surface area contributed by atoms with E-state index >= 15 is 0 Å². The molecule has 0 aliphatic carbocycles. The maximum atomic E-state index is 14.1. The molecule has 10 nitrogen and oxygen atoms in total. The number of thiol groups is 1. The second kappa shape index (κ2) is 15.7. The van der Waals surface area contributed by atoms with Crippen LogP contribution >= 0.6 is 12.6 Å². The van der Waals surface area contributed by atoms with Gasteiger partial charge in [0, 0.05) is 18.7 Å². The van der Waals surface area contributed by atoms with Crippen LogP contribution < -0.4 is 10.6 Å². The van der Waals surface area contributed by atoms with Crippen molar-refractivity contribution in [3.63, 3.8) is 0 Å². The van der Waals surface area contributed by atoms with Crippen LogP contribution in [0.25, 0.3) is 0 Å². The van der Waals surface area contributed by atoms with Crippen molar-refractivity contribution in [3.8, 4) is 5.75 Å². The van der Waals surface area contributed by atoms with Gasteiger partial charge in [0.05, 0.1) is 0 Å². The van der Waals surface area contributed by atoms with Crippen molar-refractivity contribution in [1.29, 1.82) is 0 Å². The fraction of sp³-hybridized carbons (Fsp3) is 0.500. The molecule has 0 saturated carbocycles. The van der Waals surface area contributed by atoms with Gasteiger partial charge in [-0.15, -0.1) is 0 Å². The smallest absolute Gasteiger partial charge is 0.408 e. The van der Waals surface area contributed by atoms with Crippen molar-refractivity contribution in [1.82, 2.24) is 15.5 Å². The molecular formula is C32H45N3O7S. The first-order valence-electron chi connectivity index (χ1n) is 14.3. The second-order valence-electron chi connectivity index (χ2n) is 12.2. The molecule has 0 aliphatic heterocycles. The average Bonchev–Trinajstić information content (AvgIpc) is 2.90. The van der Waals surface area contributed by atoms with Crippen LogP contribution in [0.15, 0.2) is 54.6 Å². The topological polar surface area (TPSA) is 134 Å². The van der Waals surface area contributed by atoms with Gasteiger partial charge in [0.1, 0.15) is 35.1 Å². The van der Waals surface area contributed by atoms with E-state index in [1.54, 1.807) is 41.5 Å². The molecule has 3 unspecified atom stereocenters. The van der Waals surface area contributed by atoms with Gasteiger partial charge in [-0.2, -0.15) is 12.6 Å². The highest BCUT2D eigenvalue weighted by Crippen LogP contribution is 2.26. The molecule has 236 valence electrons. The van der Waals surface area contributed by atoms with Gasteiger partial charge >= 0.3 is 12.1 Å². The number of phenolic OH excluding ortho intramolecular Hbond substituents is 1. The summed E-state index contributed by atoms with van der Waals surface area (Å²) < 4.78 is 11.0. The molecule has 0 spiro atoms. The molecule has 0 fully saturated rings. The zero-order chi connectivity index (χ0) is 32.4. The number of aromatic hydroxyl groups is 1. The average molecular weight is 616 g/mol. The van der Waals surface area contributed by atoms with Crippen molar-refractivity contribution in [2.24, 2.45) is 0 Å². The van der Waals surface area contributed by atoms with Crippen molar-refractivity contribution < 1.29 is 33.8 Å². The van der Waals surface area contributed by atoms with Crippen LogP contribution in [0, 0.1) is 0 Å². The van der Waals surface area contributed by atoms with Crippen LogP contribution in [-0.2, 0) is 30.3 Å². The monoisotopic (exact) mass is 615 g/mol. The Kier molecular flexibility index (Phi) is 12.9. The maximum absolute atomic E-state index is 14.1. The van der Waals surface area contributed by atoms with Crippen molar-refractivity contribution >= 4 is 36.5 Å². The van der Waals surface area contributed by atoms with E-state index in [1.807, 2.05) is 37.3 Å². The van der Waals surface area contributed by atoms with Crippen LogP contribution in [-0.4, -0.2) is 69.5 Å². The fourth-order valence-electron chi connectivity index (χ4n) is 4.24. The maximum Gasteiger partial charge on any atom is 0.408 e. The Bertz CT molecular complexity index is 1220. The summed E-state index contributed by atoms with van der Waals surface area (Å²) in [6.45, 7) is 12.3. The van der Waals surface area contributed by atoms with Gasteiger partial charge in [0.25, 0.3) is 0 Å². The largest absolute Gasteiger partial charge is 0.508 e. The third-order valence-electron chi connectivity index (χ3n) is 5.98. The van der Waals surface area contributed by atoms with Gasteiger partial charge in [-0.05, 0) is 71.2 Å². The van der Waals surface area contributed by atoms with E-state index in [0.717, 1.165) is 5.56 Å². The number of nitrogens with zero attached hydrogens (tertiary/aromatic N) is 1. The van der Waals surface area contributed by atoms with Crippen molar-refractivity contribution in [2.75, 3.05) is 12.3 Å². The van der Waals surface area contributed by atoms with Crippen LogP contribution in [0.5, 0.6) is 5.75 Å². The van der Waals surface area contributed by atoms with Gasteiger partial charge in [-0.3, -0.25) is 9.59 Å². The number of amides is 3. The molecule has 2 aromatic rings. The highest BCUT2D eigenvalue weighted by Gasteiger charge is 2.37. The van der Waals surface area contributed by atoms with E-state index in [2.05, 4.69) is 23.3 Å². The second-order valence-corrected chi connectivity index (χ2v) is 12.6. The van der Waals surface area contributed by atoms with Crippen LogP contribution in [0.3, 0.4) is 0 Å². The van der Waals surface area contributed by atoms with Crippen LogP contribution in [0.4, 0.5) is 4.79 Å². The van der Waals surface area contributed by atoms with Crippen molar-refractivity contribution in [2.45, 2.75) is 90.6 Å². The molecule has 3 amide bonds. The molecule has 11 heteroatoms. The molecule has 0 radical (unpaired) electrons. The van der Waals surface area contributed by atoms with Gasteiger partial charge < -0.3 is 30.1 Å². The number of rotatable bonds is 12. The van der Waals surface area contributed by atoms with Gasteiger partial charge in [0.15, 0.2) is 0 Å². The van der Waals surface area contributed by atoms with E-state index in [1.165, 1.54) is 29.2 Å². The zero-order valence-corrected chi connectivity index (χ0v) is 26.9. The standard InChI is InChI=1S/C32H45N3O7S/c1-8-18-35(28(38)25(20-43)34-30(40)42-32(5,6)7)26(22-14-16-23(36)17-15-22)27(37)33-24(29(39)41-31(2,3)4)19-21-12-10-9-11-13-21/h9-17,24-26,36,43H,8,18-20H2,1-7H3,(H,33,37)(H,34,40). The third-order valence-corrected chi connectivity index (χ3v) is 6.34. The molecule has 0 aromatic heterocycles. The summed E-state index contributed by atoms with van der Waals surface area (Å²) in [6.07, 6.45) is -0.154. The minimum absolute atomic E-state index is 0.0215. The summed E-state index contributed by atoms with van der Waals surface area (Å²) in [4.78, 5) is 55.2. The quantitative estimate of drug-likeness (QED) is 0.203. The van der Waals surface area contributed by atoms with E-state index in [0.29, 0.717) is 12.0 Å². The number of hydrogen-bond donors (Lipinski definition) is 4. The number of esters is 1. The zero-order valence-electron chi connectivity index (χ0n) is 26.0. The highest BCUT2D eigenvalue weighted by atomic mass is 32.1. The molecule has 0 heterocycles. The first kappa shape index (κ1) is 35.5. The van der Waals surface area contributed by atoms with E-state index in [4.69, 9.17) is 9.47 Å². The molecule has 2 aromatic carbocycles. The predicted molar refractivity (Wildman–Crippen MR) is 168 cm³/mol. The van der Waals surface area contributed by atoms with E-state index < -0.39 is 53.2 Å². The Morgan fingerprint density at radius 1 is 0.860 bits per heavy atom. The molecule has 43 heavy (non-hydrogen) atoms. The first-order chi connectivity index (χ1) is 20.0. The molecule has 3 N–H and O–H groups in total. The molecule has 0 saturated heterocycles. The number of benzene rings is 2. The Labute approximate surface area is 259 Å². The highest BCUT2D eigenvalue weighted by molar-refractivity contribution is 7.80. The van der Waals surface area contributed by atoms with Crippen LogP contribution in [0.1, 0.15) is 72.1 Å². The van der Waals surface area contributed by atoms with Crippen molar-refractivity contribution in [3.05, 3.63) is 65.7 Å². The lowest BCUT2D eigenvalue weighted by molar-refractivity contribution is -0.159. The lowest BCUT2D eigenvalue weighted by Gasteiger charge is -2.35. The number of carbonyl (C=O) groups is 4. The minimum Gasteiger partial charge on any atom is -0.508 e. The number of hydrogen-bond acceptors (Lipinski definition) is 8. The normalized spacial score (nSPS) is 13.7. The number of carbonyl (C=O) groups excluding carboxylic acids is 4. The molecular weight excluding hydrogens is 570 g/mol. The summed E-state index contributed by atoms with van der Waals surface area (Å²) in [5.41, 5.74) is -0.390. The van der Waals surface area contributed by atoms with E-state index in [-0.39, 0.29) is 24.5 Å². The fourth-order valence-corrected chi connectivity index (χ4v) is 4.49. The molecule has 0 bridgehead atoms. The summed E-state index contributed by atoms with van der Waals surface area (Å²) in [5, 5.41) is 15.3. The summed E-state index contributed by atoms with van der Waals surface area (Å²) in [5.74, 6) is -1.90. The Balaban J connectivity index is 2.51. The number of nitrogens with one attached hydrogen (secondary N) is 2. The molecule has 2 rings (SSSR count). The Hall–Kier alpha value is -3.73. The Morgan fingerprint density at radius 2 is 1.44 bits per heavy atom. The lowest BCUT2D eigenvalue weighted by Crippen LogP contribution is -2.55.